The summed E-state index contributed by atoms with van der Waals surface area (Å²) >= 11 is 0. The van der Waals surface area contributed by atoms with Gasteiger partial charge in [-0.15, -0.1) is 0 Å². The van der Waals surface area contributed by atoms with Gasteiger partial charge in [0.05, 0.1) is 23.2 Å². The topological polar surface area (TPSA) is 92.3 Å². The van der Waals surface area contributed by atoms with Gasteiger partial charge in [0.15, 0.2) is 11.4 Å². The molecule has 8 nitrogen and oxygen atoms in total. The summed E-state index contributed by atoms with van der Waals surface area (Å²) in [7, 11) is 0. The van der Waals surface area contributed by atoms with Crippen LogP contribution in [0, 0.1) is 6.92 Å². The molecule has 172 valence electrons. The fourth-order valence-electron chi connectivity index (χ4n) is 4.12. The maximum Gasteiger partial charge on any atom is 0.292 e. The molecule has 4 aromatic rings. The number of aromatic nitrogens is 5. The number of aryl methyl sites for hydroxylation is 1. The lowest BCUT2D eigenvalue weighted by atomic mass is 9.99. The Balaban J connectivity index is 1.63. The van der Waals surface area contributed by atoms with Crippen molar-refractivity contribution in [3.63, 3.8) is 0 Å². The van der Waals surface area contributed by atoms with E-state index in [1.54, 1.807) is 10.7 Å². The van der Waals surface area contributed by atoms with Crippen molar-refractivity contribution < 1.29 is 22.4 Å². The van der Waals surface area contributed by atoms with Crippen LogP contribution in [0.15, 0.2) is 35.1 Å². The third-order valence-electron chi connectivity index (χ3n) is 5.76. The van der Waals surface area contributed by atoms with Gasteiger partial charge in [-0.25, -0.2) is 27.7 Å². The van der Waals surface area contributed by atoms with E-state index in [2.05, 4.69) is 20.1 Å². The van der Waals surface area contributed by atoms with Gasteiger partial charge in [0.2, 0.25) is 11.7 Å². The lowest BCUT2D eigenvalue weighted by Gasteiger charge is -2.33. The van der Waals surface area contributed by atoms with E-state index in [1.807, 2.05) is 25.1 Å². The first-order chi connectivity index (χ1) is 15.6. The molecular formula is C22H21F3N6O2. The number of halogens is 3. The Hall–Kier alpha value is -3.63. The van der Waals surface area contributed by atoms with Crippen LogP contribution in [0.25, 0.3) is 5.52 Å². The molecular weight excluding hydrogens is 437 g/mol. The van der Waals surface area contributed by atoms with E-state index in [4.69, 9.17) is 4.42 Å². The molecule has 0 saturated heterocycles. The number of carbonyl (C=O) groups excluding carboxylic acids is 1. The molecule has 0 aromatic carbocycles. The summed E-state index contributed by atoms with van der Waals surface area (Å²) < 4.78 is 48.8. The molecule has 1 aliphatic heterocycles. The van der Waals surface area contributed by atoms with Crippen LogP contribution < -0.4 is 0 Å². The van der Waals surface area contributed by atoms with Crippen molar-refractivity contribution in [2.45, 2.75) is 45.3 Å². The molecule has 0 radical (unpaired) electrons. The molecule has 0 fully saturated rings. The quantitative estimate of drug-likeness (QED) is 0.493. The van der Waals surface area contributed by atoms with E-state index >= 15 is 0 Å². The number of hydrogen-bond acceptors (Lipinski definition) is 5. The number of nitrogens with one attached hydrogen (secondary N) is 1. The molecule has 1 amide bonds. The van der Waals surface area contributed by atoms with Crippen molar-refractivity contribution in [3.8, 4) is 0 Å². The second-order valence-electron chi connectivity index (χ2n) is 8.51. The van der Waals surface area contributed by atoms with Gasteiger partial charge in [-0.2, -0.15) is 5.10 Å². The monoisotopic (exact) mass is 458 g/mol. The van der Waals surface area contributed by atoms with E-state index in [9.17, 15) is 18.0 Å². The Morgan fingerprint density at radius 3 is 2.85 bits per heavy atom. The average Bonchev–Trinajstić information content (AvgIpc) is 3.49. The second-order valence-corrected chi connectivity index (χ2v) is 8.51. The number of fused-ring (bicyclic) bond motifs is 2. The number of carbonyl (C=O) groups is 1. The van der Waals surface area contributed by atoms with Crippen molar-refractivity contribution in [1.82, 2.24) is 29.5 Å². The highest BCUT2D eigenvalue weighted by Crippen LogP contribution is 2.37. The Kier molecular flexibility index (Phi) is 4.80. The molecule has 0 spiro atoms. The van der Waals surface area contributed by atoms with Gasteiger partial charge in [0.1, 0.15) is 6.04 Å². The van der Waals surface area contributed by atoms with Crippen LogP contribution in [0.2, 0.25) is 0 Å². The van der Waals surface area contributed by atoms with E-state index in [-0.39, 0.29) is 6.54 Å². The number of rotatable bonds is 4. The predicted octanol–water partition coefficient (Wildman–Crippen LogP) is 4.28. The standard InChI is InChI=1S/C22H21F3N6O2/c1-11-5-4-7-31-14(11)9-13(29-31)17-15-12(26-10-27-15)6-8-30(17)20(32)18-16(19(23)24)28-21(33-18)22(2,3)25/h4-5,7,9-10,17,19H,6,8H2,1-3H3,(H,26,27)/t17-/m0/s1. The Bertz CT molecular complexity index is 1350. The number of nitrogens with zero attached hydrogens (tertiary/aromatic N) is 5. The zero-order valence-corrected chi connectivity index (χ0v) is 18.1. The summed E-state index contributed by atoms with van der Waals surface area (Å²) in [5.74, 6) is -2.06. The molecule has 0 aliphatic carbocycles. The molecule has 0 unspecified atom stereocenters. The Morgan fingerprint density at radius 1 is 1.36 bits per heavy atom. The zero-order chi connectivity index (χ0) is 23.5. The number of oxazole rings is 1. The maximum absolute atomic E-state index is 14.4. The number of aromatic amines is 1. The summed E-state index contributed by atoms with van der Waals surface area (Å²) in [4.78, 5) is 25.9. The number of amides is 1. The highest BCUT2D eigenvalue weighted by molar-refractivity contribution is 5.93. The first-order valence-electron chi connectivity index (χ1n) is 10.4. The number of pyridine rings is 1. The first kappa shape index (κ1) is 21.2. The lowest BCUT2D eigenvalue weighted by molar-refractivity contribution is 0.0630. The largest absolute Gasteiger partial charge is 0.431 e. The summed E-state index contributed by atoms with van der Waals surface area (Å²) in [6.07, 6.45) is 0.637. The van der Waals surface area contributed by atoms with Gasteiger partial charge in [0.25, 0.3) is 12.3 Å². The molecule has 1 atom stereocenters. The van der Waals surface area contributed by atoms with Crippen LogP contribution in [-0.2, 0) is 12.1 Å². The highest BCUT2D eigenvalue weighted by atomic mass is 19.3. The number of H-pyrrole nitrogens is 1. The normalized spacial score (nSPS) is 16.6. The van der Waals surface area contributed by atoms with Crippen LogP contribution in [0.5, 0.6) is 0 Å². The molecule has 11 heteroatoms. The van der Waals surface area contributed by atoms with Crippen LogP contribution in [0.4, 0.5) is 13.2 Å². The van der Waals surface area contributed by atoms with E-state index in [0.717, 1.165) is 30.6 Å². The fraction of sp³-hybridized carbons (Fsp3) is 0.364. The minimum absolute atomic E-state index is 0.198. The van der Waals surface area contributed by atoms with Crippen molar-refractivity contribution in [2.24, 2.45) is 0 Å². The summed E-state index contributed by atoms with van der Waals surface area (Å²) in [6, 6.07) is 4.89. The number of alkyl halides is 3. The second kappa shape index (κ2) is 7.46. The smallest absolute Gasteiger partial charge is 0.292 e. The number of hydrogen-bond donors (Lipinski definition) is 1. The van der Waals surface area contributed by atoms with E-state index in [0.29, 0.717) is 17.8 Å². The van der Waals surface area contributed by atoms with Crippen LogP contribution in [0.1, 0.15) is 71.1 Å². The SMILES string of the molecule is Cc1cccn2nc([C@H]3c4nc[nH]c4CCN3C(=O)c3oc(C(C)(C)F)nc3C(F)F)cc12. The minimum atomic E-state index is -3.11. The van der Waals surface area contributed by atoms with E-state index < -0.39 is 41.4 Å². The first-order valence-corrected chi connectivity index (χ1v) is 10.4. The van der Waals surface area contributed by atoms with Crippen molar-refractivity contribution >= 4 is 11.4 Å². The molecule has 0 bridgehead atoms. The third kappa shape index (κ3) is 3.47. The zero-order valence-electron chi connectivity index (χ0n) is 18.1. The molecule has 33 heavy (non-hydrogen) atoms. The van der Waals surface area contributed by atoms with E-state index in [1.165, 1.54) is 11.2 Å². The van der Waals surface area contributed by atoms with Gasteiger partial charge >= 0.3 is 0 Å². The van der Waals surface area contributed by atoms with Gasteiger partial charge < -0.3 is 14.3 Å². The Morgan fingerprint density at radius 2 is 2.15 bits per heavy atom. The van der Waals surface area contributed by atoms with Crippen molar-refractivity contribution in [1.29, 1.82) is 0 Å². The summed E-state index contributed by atoms with van der Waals surface area (Å²) in [5, 5.41) is 4.62. The van der Waals surface area contributed by atoms with Gasteiger partial charge in [-0.3, -0.25) is 4.79 Å². The van der Waals surface area contributed by atoms with Gasteiger partial charge in [0, 0.05) is 24.9 Å². The van der Waals surface area contributed by atoms with Crippen molar-refractivity contribution in [3.05, 3.63) is 70.7 Å². The summed E-state index contributed by atoms with van der Waals surface area (Å²) in [6.45, 7) is 4.39. The fourth-order valence-corrected chi connectivity index (χ4v) is 4.12. The molecule has 0 saturated carbocycles. The highest BCUT2D eigenvalue weighted by Gasteiger charge is 2.41. The lowest BCUT2D eigenvalue weighted by Crippen LogP contribution is -2.41. The molecule has 1 aliphatic rings. The van der Waals surface area contributed by atoms with Crippen molar-refractivity contribution in [2.75, 3.05) is 6.54 Å². The number of imidazole rings is 1. The molecule has 4 aromatic heterocycles. The minimum Gasteiger partial charge on any atom is -0.431 e. The third-order valence-corrected chi connectivity index (χ3v) is 5.76. The molecule has 1 N–H and O–H groups in total. The predicted molar refractivity (Wildman–Crippen MR) is 111 cm³/mol. The molecule has 5 heterocycles. The van der Waals surface area contributed by atoms with Gasteiger partial charge in [-0.05, 0) is 38.5 Å². The maximum atomic E-state index is 14.4. The van der Waals surface area contributed by atoms with Crippen LogP contribution in [-0.4, -0.2) is 41.9 Å². The van der Waals surface area contributed by atoms with Gasteiger partial charge in [-0.1, -0.05) is 6.07 Å². The Labute approximate surface area is 186 Å². The van der Waals surface area contributed by atoms with Crippen LogP contribution >= 0.6 is 0 Å². The average molecular weight is 458 g/mol. The summed E-state index contributed by atoms with van der Waals surface area (Å²) in [5.41, 5.74) is 0.745. The molecule has 5 rings (SSSR count). The van der Waals surface area contributed by atoms with Crippen LogP contribution in [0.3, 0.4) is 0 Å².